The highest BCUT2D eigenvalue weighted by Crippen LogP contribution is 2.26. The SMILES string of the molecule is CCN(CCC(=O)O)c1ncc(C)cc1[N+](=O)[O-]. The Hall–Kier alpha value is -2.18. The van der Waals surface area contributed by atoms with E-state index in [9.17, 15) is 14.9 Å². The summed E-state index contributed by atoms with van der Waals surface area (Å²) in [7, 11) is 0. The largest absolute Gasteiger partial charge is 0.481 e. The topological polar surface area (TPSA) is 96.6 Å². The van der Waals surface area contributed by atoms with Crippen molar-refractivity contribution in [2.45, 2.75) is 20.3 Å². The highest BCUT2D eigenvalue weighted by molar-refractivity contribution is 5.68. The molecule has 0 aliphatic heterocycles. The van der Waals surface area contributed by atoms with Crippen LogP contribution in [-0.2, 0) is 4.79 Å². The molecule has 0 fully saturated rings. The molecule has 0 saturated heterocycles. The van der Waals surface area contributed by atoms with E-state index < -0.39 is 10.9 Å². The van der Waals surface area contributed by atoms with Crippen molar-refractivity contribution in [3.8, 4) is 0 Å². The molecule has 7 nitrogen and oxygen atoms in total. The van der Waals surface area contributed by atoms with Gasteiger partial charge in [-0.25, -0.2) is 4.98 Å². The lowest BCUT2D eigenvalue weighted by molar-refractivity contribution is -0.384. The minimum absolute atomic E-state index is 0.0828. The first-order valence-corrected chi connectivity index (χ1v) is 5.53. The summed E-state index contributed by atoms with van der Waals surface area (Å²) >= 11 is 0. The molecule has 0 atom stereocenters. The summed E-state index contributed by atoms with van der Waals surface area (Å²) in [6, 6.07) is 1.44. The lowest BCUT2D eigenvalue weighted by Crippen LogP contribution is -2.27. The molecule has 18 heavy (non-hydrogen) atoms. The van der Waals surface area contributed by atoms with Crippen molar-refractivity contribution in [2.75, 3.05) is 18.0 Å². The fraction of sp³-hybridized carbons (Fsp3) is 0.455. The van der Waals surface area contributed by atoms with Crippen LogP contribution in [0, 0.1) is 17.0 Å². The van der Waals surface area contributed by atoms with Crippen LogP contribution in [0.3, 0.4) is 0 Å². The number of aromatic nitrogens is 1. The standard InChI is InChI=1S/C11H15N3O4/c1-3-13(5-4-10(15)16)11-9(14(17)18)6-8(2)7-12-11/h6-7H,3-5H2,1-2H3,(H,15,16). The molecule has 0 aliphatic rings. The fourth-order valence-electron chi connectivity index (χ4n) is 1.57. The Labute approximate surface area is 104 Å². The number of nitrogens with zero attached hydrogens (tertiary/aromatic N) is 3. The maximum Gasteiger partial charge on any atom is 0.311 e. The number of aryl methyl sites for hydroxylation is 1. The first-order chi connectivity index (χ1) is 8.45. The number of carbonyl (C=O) groups is 1. The normalized spacial score (nSPS) is 10.1. The molecule has 1 aromatic heterocycles. The van der Waals surface area contributed by atoms with E-state index in [1.807, 2.05) is 0 Å². The predicted molar refractivity (Wildman–Crippen MR) is 65.8 cm³/mol. The number of hydrogen-bond acceptors (Lipinski definition) is 5. The first kappa shape index (κ1) is 13.9. The summed E-state index contributed by atoms with van der Waals surface area (Å²) in [6.07, 6.45) is 1.45. The molecular formula is C11H15N3O4. The zero-order valence-electron chi connectivity index (χ0n) is 10.3. The maximum absolute atomic E-state index is 11.0. The van der Waals surface area contributed by atoms with Gasteiger partial charge in [0.2, 0.25) is 5.82 Å². The fourth-order valence-corrected chi connectivity index (χ4v) is 1.57. The summed E-state index contributed by atoms with van der Waals surface area (Å²) < 4.78 is 0. The number of pyridine rings is 1. The van der Waals surface area contributed by atoms with Gasteiger partial charge >= 0.3 is 11.7 Å². The van der Waals surface area contributed by atoms with Crippen molar-refractivity contribution in [3.63, 3.8) is 0 Å². The summed E-state index contributed by atoms with van der Waals surface area (Å²) in [6.45, 7) is 4.18. The van der Waals surface area contributed by atoms with Crippen LogP contribution in [-0.4, -0.2) is 34.1 Å². The Balaban J connectivity index is 3.04. The number of nitro groups is 1. The third kappa shape index (κ3) is 3.41. The van der Waals surface area contributed by atoms with Crippen LogP contribution in [0.2, 0.25) is 0 Å². The van der Waals surface area contributed by atoms with Gasteiger partial charge in [-0.1, -0.05) is 0 Å². The summed E-state index contributed by atoms with van der Waals surface area (Å²) in [5.74, 6) is -0.724. The molecule has 0 amide bonds. The van der Waals surface area contributed by atoms with Crippen LogP contribution < -0.4 is 4.90 Å². The van der Waals surface area contributed by atoms with Gasteiger partial charge in [0.15, 0.2) is 0 Å². The highest BCUT2D eigenvalue weighted by Gasteiger charge is 2.20. The Morgan fingerprint density at radius 2 is 2.28 bits per heavy atom. The van der Waals surface area contributed by atoms with Gasteiger partial charge in [0.05, 0.1) is 11.3 Å². The minimum atomic E-state index is -0.941. The average Bonchev–Trinajstić information content (AvgIpc) is 2.30. The zero-order valence-corrected chi connectivity index (χ0v) is 10.3. The monoisotopic (exact) mass is 253 g/mol. The molecule has 1 N–H and O–H groups in total. The Morgan fingerprint density at radius 1 is 1.61 bits per heavy atom. The Kier molecular flexibility index (Phi) is 4.59. The quantitative estimate of drug-likeness (QED) is 0.611. The molecule has 0 bridgehead atoms. The Morgan fingerprint density at radius 3 is 2.78 bits per heavy atom. The van der Waals surface area contributed by atoms with E-state index in [1.54, 1.807) is 18.7 Å². The van der Waals surface area contributed by atoms with Crippen molar-refractivity contribution in [3.05, 3.63) is 27.9 Å². The van der Waals surface area contributed by atoms with Gasteiger partial charge in [-0.05, 0) is 19.4 Å². The minimum Gasteiger partial charge on any atom is -0.481 e. The van der Waals surface area contributed by atoms with E-state index in [-0.39, 0.29) is 24.5 Å². The van der Waals surface area contributed by atoms with E-state index in [0.29, 0.717) is 12.1 Å². The number of rotatable bonds is 6. The van der Waals surface area contributed by atoms with Crippen LogP contribution in [0.25, 0.3) is 0 Å². The lowest BCUT2D eigenvalue weighted by Gasteiger charge is -2.20. The smallest absolute Gasteiger partial charge is 0.311 e. The van der Waals surface area contributed by atoms with Crippen LogP contribution in [0.15, 0.2) is 12.3 Å². The molecular weight excluding hydrogens is 238 g/mol. The molecule has 1 rings (SSSR count). The van der Waals surface area contributed by atoms with Crippen LogP contribution in [0.4, 0.5) is 11.5 Å². The molecule has 7 heteroatoms. The number of hydrogen-bond donors (Lipinski definition) is 1. The lowest BCUT2D eigenvalue weighted by atomic mass is 10.2. The summed E-state index contributed by atoms with van der Waals surface area (Å²) in [5.41, 5.74) is 0.599. The third-order valence-corrected chi connectivity index (χ3v) is 2.46. The van der Waals surface area contributed by atoms with Crippen molar-refractivity contribution in [2.24, 2.45) is 0 Å². The van der Waals surface area contributed by atoms with Crippen LogP contribution >= 0.6 is 0 Å². The average molecular weight is 253 g/mol. The molecule has 0 spiro atoms. The molecule has 98 valence electrons. The van der Waals surface area contributed by atoms with Crippen molar-refractivity contribution in [1.29, 1.82) is 0 Å². The summed E-state index contributed by atoms with van der Waals surface area (Å²) in [5, 5.41) is 19.6. The van der Waals surface area contributed by atoms with Gasteiger partial charge in [0.1, 0.15) is 0 Å². The molecule has 0 aromatic carbocycles. The van der Waals surface area contributed by atoms with Crippen molar-refractivity contribution in [1.82, 2.24) is 4.98 Å². The van der Waals surface area contributed by atoms with Gasteiger partial charge in [0, 0.05) is 25.4 Å². The van der Waals surface area contributed by atoms with E-state index >= 15 is 0 Å². The molecule has 1 heterocycles. The van der Waals surface area contributed by atoms with Gasteiger partial charge in [-0.3, -0.25) is 14.9 Å². The van der Waals surface area contributed by atoms with E-state index in [0.717, 1.165) is 0 Å². The van der Waals surface area contributed by atoms with Gasteiger partial charge in [-0.2, -0.15) is 0 Å². The first-order valence-electron chi connectivity index (χ1n) is 5.53. The third-order valence-electron chi connectivity index (χ3n) is 2.46. The molecule has 0 saturated carbocycles. The van der Waals surface area contributed by atoms with E-state index in [2.05, 4.69) is 4.98 Å². The van der Waals surface area contributed by atoms with Crippen molar-refractivity contribution >= 4 is 17.5 Å². The predicted octanol–water partition coefficient (Wildman–Crippen LogP) is 1.60. The van der Waals surface area contributed by atoms with Crippen LogP contribution in [0.1, 0.15) is 18.9 Å². The Bertz CT molecular complexity index is 462. The molecule has 0 aliphatic carbocycles. The van der Waals surface area contributed by atoms with Gasteiger partial charge in [0.25, 0.3) is 0 Å². The second-order valence-corrected chi connectivity index (χ2v) is 3.84. The van der Waals surface area contributed by atoms with Gasteiger partial charge in [-0.15, -0.1) is 0 Å². The number of anilines is 1. The summed E-state index contributed by atoms with van der Waals surface area (Å²) in [4.78, 5) is 26.6. The van der Waals surface area contributed by atoms with Gasteiger partial charge < -0.3 is 10.0 Å². The second-order valence-electron chi connectivity index (χ2n) is 3.84. The number of aliphatic carboxylic acids is 1. The van der Waals surface area contributed by atoms with E-state index in [1.165, 1.54) is 12.3 Å². The number of carboxylic acid groups (broad SMARTS) is 1. The maximum atomic E-state index is 11.0. The van der Waals surface area contributed by atoms with Crippen LogP contribution in [0.5, 0.6) is 0 Å². The highest BCUT2D eigenvalue weighted by atomic mass is 16.6. The van der Waals surface area contributed by atoms with E-state index in [4.69, 9.17) is 5.11 Å². The molecule has 0 radical (unpaired) electrons. The second kappa shape index (κ2) is 5.95. The molecule has 0 unspecified atom stereocenters. The van der Waals surface area contributed by atoms with Crippen molar-refractivity contribution < 1.29 is 14.8 Å². The number of carboxylic acids is 1. The molecule has 1 aromatic rings. The zero-order chi connectivity index (χ0) is 13.7.